The van der Waals surface area contributed by atoms with Crippen molar-refractivity contribution >= 4 is 17.3 Å². The van der Waals surface area contributed by atoms with Crippen molar-refractivity contribution < 1.29 is 14.6 Å². The molecule has 2 aromatic rings. The predicted molar refractivity (Wildman–Crippen MR) is 121 cm³/mol. The third kappa shape index (κ3) is 4.00. The summed E-state index contributed by atoms with van der Waals surface area (Å²) in [6.45, 7) is 6.69. The van der Waals surface area contributed by atoms with Crippen molar-refractivity contribution in [2.45, 2.75) is 50.9 Å². The Morgan fingerprint density at radius 2 is 1.90 bits per heavy atom. The highest BCUT2D eigenvalue weighted by molar-refractivity contribution is 6.30. The maximum absolute atomic E-state index is 10.6. The largest absolute Gasteiger partial charge is 0.508 e. The second kappa shape index (κ2) is 8.01. The second-order valence-electron chi connectivity index (χ2n) is 8.89. The van der Waals surface area contributed by atoms with Crippen molar-refractivity contribution in [1.82, 2.24) is 10.2 Å². The van der Waals surface area contributed by atoms with Crippen LogP contribution in [-0.2, 0) is 0 Å². The summed E-state index contributed by atoms with van der Waals surface area (Å²) in [7, 11) is 0. The minimum atomic E-state index is -0.366. The molecule has 7 heteroatoms. The molecule has 1 spiro atoms. The van der Waals surface area contributed by atoms with Gasteiger partial charge in [-0.3, -0.25) is 10.3 Å². The molecule has 0 unspecified atom stereocenters. The van der Waals surface area contributed by atoms with Crippen molar-refractivity contribution in [3.05, 3.63) is 52.5 Å². The zero-order valence-corrected chi connectivity index (χ0v) is 18.7. The Morgan fingerprint density at radius 1 is 1.13 bits per heavy atom. The molecule has 31 heavy (non-hydrogen) atoms. The summed E-state index contributed by atoms with van der Waals surface area (Å²) < 4.78 is 11.1. The molecule has 1 atom stereocenters. The van der Waals surface area contributed by atoms with Crippen LogP contribution in [0.4, 0.5) is 0 Å². The molecular weight excluding hydrogens is 414 g/mol. The number of piperidine rings is 1. The lowest BCUT2D eigenvalue weighted by Gasteiger charge is -2.46. The molecular formula is C24H28ClN3O3. The van der Waals surface area contributed by atoms with Crippen LogP contribution in [0.5, 0.6) is 17.2 Å². The number of halogens is 1. The SMILES string of the molecule is CC(C)N1CCC2(CC1)N=C(c1ccc3c(c1)OCO3)C[C@H](c1cc(Cl)ccc1O)N2. The zero-order chi connectivity index (χ0) is 21.6. The second-order valence-corrected chi connectivity index (χ2v) is 9.33. The summed E-state index contributed by atoms with van der Waals surface area (Å²) in [5.41, 5.74) is 2.49. The molecule has 0 aromatic heterocycles. The Morgan fingerprint density at radius 3 is 2.68 bits per heavy atom. The number of ether oxygens (including phenoxy) is 2. The van der Waals surface area contributed by atoms with Crippen LogP contribution < -0.4 is 14.8 Å². The average Bonchev–Trinajstić information content (AvgIpc) is 3.23. The molecule has 5 rings (SSSR count). The number of phenols is 1. The topological polar surface area (TPSA) is 66.3 Å². The quantitative estimate of drug-likeness (QED) is 0.734. The molecule has 3 aliphatic heterocycles. The molecule has 1 fully saturated rings. The van der Waals surface area contributed by atoms with E-state index < -0.39 is 0 Å². The molecule has 6 nitrogen and oxygen atoms in total. The zero-order valence-electron chi connectivity index (χ0n) is 17.9. The van der Waals surface area contributed by atoms with E-state index in [4.69, 9.17) is 26.1 Å². The van der Waals surface area contributed by atoms with Crippen LogP contribution in [0.2, 0.25) is 5.02 Å². The van der Waals surface area contributed by atoms with Crippen molar-refractivity contribution in [1.29, 1.82) is 0 Å². The highest BCUT2D eigenvalue weighted by atomic mass is 35.5. The van der Waals surface area contributed by atoms with Crippen LogP contribution in [0.15, 0.2) is 41.4 Å². The van der Waals surface area contributed by atoms with Gasteiger partial charge in [-0.2, -0.15) is 0 Å². The Balaban J connectivity index is 1.52. The highest BCUT2D eigenvalue weighted by Crippen LogP contribution is 2.40. The summed E-state index contributed by atoms with van der Waals surface area (Å²) in [4.78, 5) is 7.75. The molecule has 1 saturated heterocycles. The van der Waals surface area contributed by atoms with Gasteiger partial charge in [0.05, 0.1) is 0 Å². The standard InChI is InChI=1S/C24H28ClN3O3/c1-15(2)28-9-7-24(8-10-28)26-19(16-3-6-22-23(11-16)31-14-30-22)13-20(27-24)18-12-17(25)4-5-21(18)29/h3-6,11-12,15,20,27,29H,7-10,13-14H2,1-2H3/t20-/m1/s1. The summed E-state index contributed by atoms with van der Waals surface area (Å²) in [5, 5.41) is 15.0. The van der Waals surface area contributed by atoms with Gasteiger partial charge in [-0.25, -0.2) is 0 Å². The van der Waals surface area contributed by atoms with Crippen LogP contribution in [0.1, 0.15) is 50.3 Å². The number of phenolic OH excluding ortho intramolecular Hbond substituents is 1. The van der Waals surface area contributed by atoms with Crippen LogP contribution in [-0.4, -0.2) is 47.3 Å². The molecule has 0 radical (unpaired) electrons. The third-order valence-corrected chi connectivity index (χ3v) is 6.85. The number of aromatic hydroxyl groups is 1. The van der Waals surface area contributed by atoms with Gasteiger partial charge < -0.3 is 19.5 Å². The van der Waals surface area contributed by atoms with Gasteiger partial charge in [0.15, 0.2) is 11.5 Å². The lowest BCUT2D eigenvalue weighted by molar-refractivity contribution is 0.103. The number of hydrogen-bond donors (Lipinski definition) is 2. The highest BCUT2D eigenvalue weighted by Gasteiger charge is 2.41. The van der Waals surface area contributed by atoms with E-state index >= 15 is 0 Å². The molecule has 3 aliphatic rings. The number of nitrogens with one attached hydrogen (secondary N) is 1. The Hall–Kier alpha value is -2.28. The molecule has 0 bridgehead atoms. The first kappa shape index (κ1) is 20.6. The molecule has 164 valence electrons. The molecule has 3 heterocycles. The van der Waals surface area contributed by atoms with Gasteiger partial charge >= 0.3 is 0 Å². The summed E-state index contributed by atoms with van der Waals surface area (Å²) >= 11 is 6.28. The van der Waals surface area contributed by atoms with Gasteiger partial charge in [0.2, 0.25) is 6.79 Å². The van der Waals surface area contributed by atoms with E-state index in [1.807, 2.05) is 24.3 Å². The number of likely N-dealkylation sites (tertiary alicyclic amines) is 1. The van der Waals surface area contributed by atoms with Crippen molar-refractivity contribution in [2.75, 3.05) is 19.9 Å². The Kier molecular flexibility index (Phi) is 5.32. The lowest BCUT2D eigenvalue weighted by Crippen LogP contribution is -2.56. The fraction of sp³-hybridized carbons (Fsp3) is 0.458. The van der Waals surface area contributed by atoms with Gasteiger partial charge in [-0.1, -0.05) is 11.6 Å². The van der Waals surface area contributed by atoms with E-state index in [2.05, 4.69) is 24.1 Å². The first-order chi connectivity index (χ1) is 14.9. The lowest BCUT2D eigenvalue weighted by atomic mass is 9.87. The first-order valence-corrected chi connectivity index (χ1v) is 11.3. The average molecular weight is 442 g/mol. The minimum absolute atomic E-state index is 0.0813. The van der Waals surface area contributed by atoms with Crippen LogP contribution in [0, 0.1) is 0 Å². The number of nitrogens with zero attached hydrogens (tertiary/aromatic N) is 2. The normalized spacial score (nSPS) is 22.7. The minimum Gasteiger partial charge on any atom is -0.508 e. The van der Waals surface area contributed by atoms with Crippen molar-refractivity contribution in [3.8, 4) is 17.2 Å². The third-order valence-electron chi connectivity index (χ3n) is 6.62. The van der Waals surface area contributed by atoms with Crippen LogP contribution in [0.3, 0.4) is 0 Å². The first-order valence-electron chi connectivity index (χ1n) is 10.9. The fourth-order valence-electron chi connectivity index (χ4n) is 4.82. The predicted octanol–water partition coefficient (Wildman–Crippen LogP) is 4.50. The van der Waals surface area contributed by atoms with E-state index in [1.54, 1.807) is 12.1 Å². The summed E-state index contributed by atoms with van der Waals surface area (Å²) in [6, 6.07) is 11.7. The molecule has 2 aromatic carbocycles. The summed E-state index contributed by atoms with van der Waals surface area (Å²) in [5.74, 6) is 1.77. The monoisotopic (exact) mass is 441 g/mol. The molecule has 0 aliphatic carbocycles. The van der Waals surface area contributed by atoms with E-state index in [-0.39, 0.29) is 24.2 Å². The van der Waals surface area contributed by atoms with Crippen molar-refractivity contribution in [3.63, 3.8) is 0 Å². The fourth-order valence-corrected chi connectivity index (χ4v) is 5.00. The number of fused-ring (bicyclic) bond motifs is 1. The number of benzene rings is 2. The molecule has 0 saturated carbocycles. The maximum atomic E-state index is 10.6. The van der Waals surface area contributed by atoms with Crippen LogP contribution in [0.25, 0.3) is 0 Å². The smallest absolute Gasteiger partial charge is 0.231 e. The summed E-state index contributed by atoms with van der Waals surface area (Å²) in [6.07, 6.45) is 2.48. The Bertz CT molecular complexity index is 1020. The van der Waals surface area contributed by atoms with Gasteiger partial charge in [0, 0.05) is 47.9 Å². The van der Waals surface area contributed by atoms with E-state index in [1.165, 1.54) is 0 Å². The Labute approximate surface area is 187 Å². The van der Waals surface area contributed by atoms with Gasteiger partial charge in [-0.15, -0.1) is 0 Å². The van der Waals surface area contributed by atoms with E-state index in [0.717, 1.165) is 54.3 Å². The maximum Gasteiger partial charge on any atom is 0.231 e. The number of rotatable bonds is 3. The van der Waals surface area contributed by atoms with Gasteiger partial charge in [-0.05, 0) is 68.7 Å². The molecule has 0 amide bonds. The van der Waals surface area contributed by atoms with Gasteiger partial charge in [0.25, 0.3) is 0 Å². The van der Waals surface area contributed by atoms with E-state index in [0.29, 0.717) is 17.5 Å². The molecule has 2 N–H and O–H groups in total. The van der Waals surface area contributed by atoms with Crippen LogP contribution >= 0.6 is 11.6 Å². The van der Waals surface area contributed by atoms with Crippen molar-refractivity contribution in [2.24, 2.45) is 4.99 Å². The van der Waals surface area contributed by atoms with E-state index in [9.17, 15) is 5.11 Å². The van der Waals surface area contributed by atoms with Gasteiger partial charge in [0.1, 0.15) is 11.4 Å². The number of hydrogen-bond acceptors (Lipinski definition) is 6. The number of aliphatic imine (C=N–C) groups is 1.